The highest BCUT2D eigenvalue weighted by Gasteiger charge is 2.33. The number of amides is 2. The number of aryl methyl sites for hydroxylation is 2. The molecule has 1 N–H and O–H groups in total. The molecule has 0 spiro atoms. The predicted octanol–water partition coefficient (Wildman–Crippen LogP) is 6.67. The topological polar surface area (TPSA) is 86.8 Å². The van der Waals surface area contributed by atoms with Crippen molar-refractivity contribution in [3.05, 3.63) is 93.5 Å². The molecule has 1 aliphatic rings. The zero-order valence-corrected chi connectivity index (χ0v) is 26.5. The van der Waals surface area contributed by atoms with E-state index in [1.54, 1.807) is 19.1 Å². The SMILES string of the molecule is Cc1ccc(CN(C(=O)CN(c2ccc(Cl)c(Cl)c2)S(=O)(=O)c2ccc(C)cc2)[C@@H](C)C(=O)NC2CCCCC2)cc1. The van der Waals surface area contributed by atoms with E-state index in [4.69, 9.17) is 23.2 Å². The summed E-state index contributed by atoms with van der Waals surface area (Å²) >= 11 is 12.4. The lowest BCUT2D eigenvalue weighted by Crippen LogP contribution is -2.53. The number of carbonyl (C=O) groups is 2. The number of hydrogen-bond acceptors (Lipinski definition) is 4. The smallest absolute Gasteiger partial charge is 0.264 e. The number of sulfonamides is 1. The maximum absolute atomic E-state index is 14.1. The predicted molar refractivity (Wildman–Crippen MR) is 168 cm³/mol. The Bertz CT molecular complexity index is 1510. The molecule has 0 saturated heterocycles. The molecule has 0 unspecified atom stereocenters. The summed E-state index contributed by atoms with van der Waals surface area (Å²) in [4.78, 5) is 29.0. The molecule has 42 heavy (non-hydrogen) atoms. The van der Waals surface area contributed by atoms with Crippen LogP contribution in [0.5, 0.6) is 0 Å². The zero-order chi connectivity index (χ0) is 30.4. The van der Waals surface area contributed by atoms with Crippen LogP contribution in [0.25, 0.3) is 0 Å². The van der Waals surface area contributed by atoms with E-state index in [0.717, 1.165) is 53.1 Å². The highest BCUT2D eigenvalue weighted by atomic mass is 35.5. The molecule has 0 aromatic heterocycles. The number of benzene rings is 3. The Kier molecular flexibility index (Phi) is 10.6. The molecule has 3 aromatic carbocycles. The van der Waals surface area contributed by atoms with Crippen molar-refractivity contribution in [1.29, 1.82) is 0 Å². The van der Waals surface area contributed by atoms with Crippen LogP contribution in [0, 0.1) is 13.8 Å². The van der Waals surface area contributed by atoms with Crippen molar-refractivity contribution in [1.82, 2.24) is 10.2 Å². The fraction of sp³-hybridized carbons (Fsp3) is 0.375. The van der Waals surface area contributed by atoms with Crippen molar-refractivity contribution in [3.8, 4) is 0 Å². The van der Waals surface area contributed by atoms with Gasteiger partial charge < -0.3 is 10.2 Å². The highest BCUT2D eigenvalue weighted by molar-refractivity contribution is 7.92. The van der Waals surface area contributed by atoms with Crippen molar-refractivity contribution in [2.75, 3.05) is 10.8 Å². The largest absolute Gasteiger partial charge is 0.352 e. The first-order valence-electron chi connectivity index (χ1n) is 14.2. The van der Waals surface area contributed by atoms with Crippen LogP contribution in [-0.4, -0.2) is 43.8 Å². The maximum atomic E-state index is 14.1. The Morgan fingerprint density at radius 3 is 2.07 bits per heavy atom. The Balaban J connectivity index is 1.69. The number of nitrogens with one attached hydrogen (secondary N) is 1. The lowest BCUT2D eigenvalue weighted by atomic mass is 9.95. The summed E-state index contributed by atoms with van der Waals surface area (Å²) in [5.74, 6) is -0.784. The molecule has 0 radical (unpaired) electrons. The van der Waals surface area contributed by atoms with Gasteiger partial charge in [0.15, 0.2) is 0 Å². The van der Waals surface area contributed by atoms with E-state index in [-0.39, 0.29) is 39.1 Å². The summed E-state index contributed by atoms with van der Waals surface area (Å²) in [7, 11) is -4.19. The van der Waals surface area contributed by atoms with E-state index in [0.29, 0.717) is 0 Å². The molecule has 1 fully saturated rings. The standard InChI is InChI=1S/C32H37Cl2N3O4S/c1-22-9-13-25(14-10-22)20-36(24(3)32(39)35-26-7-5-4-6-8-26)31(38)21-37(27-15-18-29(33)30(34)19-27)42(40,41)28-16-11-23(2)12-17-28/h9-19,24,26H,4-8,20-21H2,1-3H3,(H,35,39)/t24-/m0/s1. The van der Waals surface area contributed by atoms with Crippen LogP contribution in [0.2, 0.25) is 10.0 Å². The molecule has 4 rings (SSSR count). The Labute approximate surface area is 258 Å². The van der Waals surface area contributed by atoms with Gasteiger partial charge in [-0.15, -0.1) is 0 Å². The first-order chi connectivity index (χ1) is 20.0. The molecular formula is C32H37Cl2N3O4S. The fourth-order valence-corrected chi connectivity index (χ4v) is 6.75. The third-order valence-electron chi connectivity index (χ3n) is 7.67. The number of rotatable bonds is 10. The van der Waals surface area contributed by atoms with E-state index in [2.05, 4.69) is 5.32 Å². The molecule has 0 bridgehead atoms. The molecule has 2 amide bonds. The summed E-state index contributed by atoms with van der Waals surface area (Å²) < 4.78 is 28.9. The summed E-state index contributed by atoms with van der Waals surface area (Å²) in [6, 6.07) is 17.7. The quantitative estimate of drug-likeness (QED) is 0.271. The van der Waals surface area contributed by atoms with Crippen molar-refractivity contribution in [2.24, 2.45) is 0 Å². The van der Waals surface area contributed by atoms with Gasteiger partial charge in [-0.05, 0) is 69.5 Å². The normalized spacial score (nSPS) is 14.7. The van der Waals surface area contributed by atoms with Gasteiger partial charge in [-0.25, -0.2) is 8.42 Å². The van der Waals surface area contributed by atoms with Crippen LogP contribution in [0.15, 0.2) is 71.6 Å². The van der Waals surface area contributed by atoms with Gasteiger partial charge in [0, 0.05) is 12.6 Å². The molecular weight excluding hydrogens is 593 g/mol. The van der Waals surface area contributed by atoms with Gasteiger partial charge in [-0.1, -0.05) is 90.0 Å². The van der Waals surface area contributed by atoms with Crippen molar-refractivity contribution < 1.29 is 18.0 Å². The average Bonchev–Trinajstić information content (AvgIpc) is 2.97. The Morgan fingerprint density at radius 2 is 1.48 bits per heavy atom. The van der Waals surface area contributed by atoms with Crippen LogP contribution >= 0.6 is 23.2 Å². The monoisotopic (exact) mass is 629 g/mol. The maximum Gasteiger partial charge on any atom is 0.264 e. The Morgan fingerprint density at radius 1 is 0.881 bits per heavy atom. The van der Waals surface area contributed by atoms with Gasteiger partial charge in [0.05, 0.1) is 20.6 Å². The summed E-state index contributed by atoms with van der Waals surface area (Å²) in [6.07, 6.45) is 5.08. The molecule has 224 valence electrons. The molecule has 7 nitrogen and oxygen atoms in total. The number of halogens is 2. The van der Waals surface area contributed by atoms with Crippen LogP contribution in [0.3, 0.4) is 0 Å². The van der Waals surface area contributed by atoms with Gasteiger partial charge in [-0.3, -0.25) is 13.9 Å². The minimum absolute atomic E-state index is 0.0279. The van der Waals surface area contributed by atoms with Gasteiger partial charge in [-0.2, -0.15) is 0 Å². The first-order valence-corrected chi connectivity index (χ1v) is 16.3. The third-order valence-corrected chi connectivity index (χ3v) is 10.2. The van der Waals surface area contributed by atoms with E-state index in [1.807, 2.05) is 38.1 Å². The lowest BCUT2D eigenvalue weighted by Gasteiger charge is -2.33. The van der Waals surface area contributed by atoms with Gasteiger partial charge in [0.1, 0.15) is 12.6 Å². The number of carbonyl (C=O) groups excluding carboxylic acids is 2. The van der Waals surface area contributed by atoms with E-state index in [1.165, 1.54) is 35.2 Å². The minimum atomic E-state index is -4.19. The Hall–Kier alpha value is -3.07. The highest BCUT2D eigenvalue weighted by Crippen LogP contribution is 2.31. The number of hydrogen-bond donors (Lipinski definition) is 1. The molecule has 0 heterocycles. The second-order valence-electron chi connectivity index (χ2n) is 10.9. The second kappa shape index (κ2) is 13.9. The van der Waals surface area contributed by atoms with E-state index >= 15 is 0 Å². The summed E-state index contributed by atoms with van der Waals surface area (Å²) in [5.41, 5.74) is 2.98. The van der Waals surface area contributed by atoms with Crippen LogP contribution in [0.1, 0.15) is 55.7 Å². The van der Waals surface area contributed by atoms with Crippen LogP contribution in [-0.2, 0) is 26.2 Å². The molecule has 1 aliphatic carbocycles. The molecule has 10 heteroatoms. The molecule has 3 aromatic rings. The average molecular weight is 631 g/mol. The number of nitrogens with zero attached hydrogens (tertiary/aromatic N) is 2. The van der Waals surface area contributed by atoms with Crippen LogP contribution < -0.4 is 9.62 Å². The van der Waals surface area contributed by atoms with E-state index in [9.17, 15) is 18.0 Å². The summed E-state index contributed by atoms with van der Waals surface area (Å²) in [5, 5.41) is 3.53. The van der Waals surface area contributed by atoms with Crippen LogP contribution in [0.4, 0.5) is 5.69 Å². The van der Waals surface area contributed by atoms with Crippen molar-refractivity contribution >= 4 is 50.7 Å². The minimum Gasteiger partial charge on any atom is -0.352 e. The molecule has 1 saturated carbocycles. The van der Waals surface area contributed by atoms with Crippen molar-refractivity contribution in [3.63, 3.8) is 0 Å². The zero-order valence-electron chi connectivity index (χ0n) is 24.1. The van der Waals surface area contributed by atoms with Gasteiger partial charge >= 0.3 is 0 Å². The first kappa shape index (κ1) is 31.9. The molecule has 0 aliphatic heterocycles. The fourth-order valence-electron chi connectivity index (χ4n) is 5.05. The van der Waals surface area contributed by atoms with Crippen molar-refractivity contribution in [2.45, 2.75) is 76.4 Å². The van der Waals surface area contributed by atoms with Gasteiger partial charge in [0.2, 0.25) is 11.8 Å². The second-order valence-corrected chi connectivity index (χ2v) is 13.6. The summed E-state index contributed by atoms with van der Waals surface area (Å²) in [6.45, 7) is 5.11. The lowest BCUT2D eigenvalue weighted by molar-refractivity contribution is -0.139. The van der Waals surface area contributed by atoms with E-state index < -0.39 is 28.5 Å². The number of anilines is 1. The van der Waals surface area contributed by atoms with Gasteiger partial charge in [0.25, 0.3) is 10.0 Å². The molecule has 1 atom stereocenters. The third kappa shape index (κ3) is 7.85.